The van der Waals surface area contributed by atoms with Gasteiger partial charge in [0.25, 0.3) is 0 Å². The lowest BCUT2D eigenvalue weighted by Crippen LogP contribution is -2.29. The van der Waals surface area contributed by atoms with E-state index in [1.165, 1.54) is 12.8 Å². The zero-order valence-corrected chi connectivity index (χ0v) is 11.4. The lowest BCUT2D eigenvalue weighted by molar-refractivity contribution is 0.352. The Morgan fingerprint density at radius 1 is 1.53 bits per heavy atom. The Bertz CT molecular complexity index is 567. The van der Waals surface area contributed by atoms with Crippen LogP contribution in [0.25, 0.3) is 11.5 Å². The van der Waals surface area contributed by atoms with E-state index in [4.69, 9.17) is 16.1 Å². The summed E-state index contributed by atoms with van der Waals surface area (Å²) in [5, 5.41) is 7.79. The van der Waals surface area contributed by atoms with Gasteiger partial charge in [0.1, 0.15) is 5.69 Å². The van der Waals surface area contributed by atoms with Crippen molar-refractivity contribution < 1.29 is 4.52 Å². The van der Waals surface area contributed by atoms with Crippen molar-refractivity contribution in [3.05, 3.63) is 29.2 Å². The first-order valence-electron chi connectivity index (χ1n) is 6.38. The molecule has 100 valence electrons. The first-order valence-corrected chi connectivity index (χ1v) is 6.76. The van der Waals surface area contributed by atoms with Gasteiger partial charge >= 0.3 is 0 Å². The molecule has 1 N–H and O–H groups in total. The van der Waals surface area contributed by atoms with Crippen LogP contribution in [-0.4, -0.2) is 28.2 Å². The van der Waals surface area contributed by atoms with Crippen LogP contribution in [0.4, 0.5) is 0 Å². The average Bonchev–Trinajstić information content (AvgIpc) is 3.16. The first kappa shape index (κ1) is 12.6. The molecule has 0 saturated heterocycles. The maximum absolute atomic E-state index is 6.06. The molecule has 3 rings (SSSR count). The summed E-state index contributed by atoms with van der Waals surface area (Å²) < 4.78 is 5.28. The van der Waals surface area contributed by atoms with Crippen molar-refractivity contribution in [2.45, 2.75) is 25.3 Å². The summed E-state index contributed by atoms with van der Waals surface area (Å²) in [6.45, 7) is 0. The number of nitrogens with zero attached hydrogens (tertiary/aromatic N) is 3. The smallest absolute Gasteiger partial charge is 0.228 e. The molecule has 1 fully saturated rings. The van der Waals surface area contributed by atoms with Gasteiger partial charge in [-0.1, -0.05) is 16.8 Å². The standard InChI is InChI=1S/C13H15ClN4O/c1-15-10(8-4-5-8)7-11-17-13(18-19-11)12-9(14)3-2-6-16-12/h2-3,6,8,10,15H,4-5,7H2,1H3. The molecule has 2 aromatic rings. The van der Waals surface area contributed by atoms with Crippen molar-refractivity contribution in [3.8, 4) is 11.5 Å². The molecular weight excluding hydrogens is 264 g/mol. The zero-order chi connectivity index (χ0) is 13.2. The van der Waals surface area contributed by atoms with Gasteiger partial charge in [-0.25, -0.2) is 0 Å². The Labute approximate surface area is 116 Å². The van der Waals surface area contributed by atoms with Crippen molar-refractivity contribution in [3.63, 3.8) is 0 Å². The van der Waals surface area contributed by atoms with E-state index >= 15 is 0 Å². The van der Waals surface area contributed by atoms with Gasteiger partial charge in [0.15, 0.2) is 0 Å². The normalized spacial score (nSPS) is 16.5. The van der Waals surface area contributed by atoms with E-state index in [1.54, 1.807) is 18.3 Å². The first-order chi connectivity index (χ1) is 9.28. The number of hydrogen-bond donors (Lipinski definition) is 1. The van der Waals surface area contributed by atoms with Crippen LogP contribution in [0.15, 0.2) is 22.9 Å². The third-order valence-corrected chi connectivity index (χ3v) is 3.70. The Hall–Kier alpha value is -1.46. The van der Waals surface area contributed by atoms with Crippen molar-refractivity contribution in [1.82, 2.24) is 20.4 Å². The molecular formula is C13H15ClN4O. The number of halogens is 1. The van der Waals surface area contributed by atoms with Crippen molar-refractivity contribution in [1.29, 1.82) is 0 Å². The SMILES string of the molecule is CNC(Cc1nc(-c2ncccc2Cl)no1)C1CC1. The van der Waals surface area contributed by atoms with Crippen molar-refractivity contribution >= 4 is 11.6 Å². The zero-order valence-electron chi connectivity index (χ0n) is 10.6. The van der Waals surface area contributed by atoms with E-state index in [2.05, 4.69) is 20.4 Å². The predicted molar refractivity (Wildman–Crippen MR) is 71.8 cm³/mol. The maximum Gasteiger partial charge on any atom is 0.228 e. The highest BCUT2D eigenvalue weighted by molar-refractivity contribution is 6.32. The lowest BCUT2D eigenvalue weighted by atomic mass is 10.1. The topological polar surface area (TPSA) is 63.8 Å². The average molecular weight is 279 g/mol. The number of nitrogens with one attached hydrogen (secondary N) is 1. The van der Waals surface area contributed by atoms with Gasteiger partial charge in [-0.3, -0.25) is 4.98 Å². The summed E-state index contributed by atoms with van der Waals surface area (Å²) in [4.78, 5) is 8.55. The summed E-state index contributed by atoms with van der Waals surface area (Å²) >= 11 is 6.06. The van der Waals surface area contributed by atoms with Crippen LogP contribution in [-0.2, 0) is 6.42 Å². The maximum atomic E-state index is 6.06. The quantitative estimate of drug-likeness (QED) is 0.909. The summed E-state index contributed by atoms with van der Waals surface area (Å²) in [5.74, 6) is 1.81. The summed E-state index contributed by atoms with van der Waals surface area (Å²) in [5.41, 5.74) is 0.562. The predicted octanol–water partition coefficient (Wildman–Crippen LogP) is 2.33. The molecule has 19 heavy (non-hydrogen) atoms. The largest absolute Gasteiger partial charge is 0.339 e. The van der Waals surface area contributed by atoms with E-state index in [0.717, 1.165) is 12.3 Å². The summed E-state index contributed by atoms with van der Waals surface area (Å²) in [7, 11) is 1.97. The van der Waals surface area contributed by atoms with E-state index < -0.39 is 0 Å². The third kappa shape index (κ3) is 2.77. The van der Waals surface area contributed by atoms with Gasteiger partial charge < -0.3 is 9.84 Å². The van der Waals surface area contributed by atoms with Gasteiger partial charge in [0, 0.05) is 18.7 Å². The molecule has 1 unspecified atom stereocenters. The third-order valence-electron chi connectivity index (χ3n) is 3.39. The molecule has 1 aliphatic rings. The Morgan fingerprint density at radius 3 is 3.05 bits per heavy atom. The molecule has 1 atom stereocenters. The molecule has 1 saturated carbocycles. The summed E-state index contributed by atoms with van der Waals surface area (Å²) in [6.07, 6.45) is 4.97. The molecule has 6 heteroatoms. The van der Waals surface area contributed by atoms with Crippen LogP contribution in [0.1, 0.15) is 18.7 Å². The van der Waals surface area contributed by atoms with Crippen LogP contribution in [0.2, 0.25) is 5.02 Å². The van der Waals surface area contributed by atoms with E-state index in [9.17, 15) is 0 Å². The fourth-order valence-electron chi connectivity index (χ4n) is 2.18. The number of pyridine rings is 1. The number of hydrogen-bond acceptors (Lipinski definition) is 5. The van der Waals surface area contributed by atoms with Gasteiger partial charge in [0.05, 0.1) is 5.02 Å². The molecule has 0 aliphatic heterocycles. The van der Waals surface area contributed by atoms with Gasteiger partial charge in [-0.2, -0.15) is 4.98 Å². The molecule has 0 amide bonds. The van der Waals surface area contributed by atoms with Crippen LogP contribution >= 0.6 is 11.6 Å². The van der Waals surface area contributed by atoms with E-state index in [1.807, 2.05) is 7.05 Å². The highest BCUT2D eigenvalue weighted by Crippen LogP contribution is 2.34. The van der Waals surface area contributed by atoms with Crippen LogP contribution in [0.3, 0.4) is 0 Å². The second-order valence-corrected chi connectivity index (χ2v) is 5.19. The van der Waals surface area contributed by atoms with Gasteiger partial charge in [-0.15, -0.1) is 0 Å². The molecule has 0 aromatic carbocycles. The molecule has 0 radical (unpaired) electrons. The van der Waals surface area contributed by atoms with Crippen molar-refractivity contribution in [2.24, 2.45) is 5.92 Å². The van der Waals surface area contributed by atoms with Gasteiger partial charge in [0.2, 0.25) is 11.7 Å². The molecule has 2 heterocycles. The molecule has 1 aliphatic carbocycles. The van der Waals surface area contributed by atoms with Crippen LogP contribution < -0.4 is 5.32 Å². The second-order valence-electron chi connectivity index (χ2n) is 4.78. The molecule has 5 nitrogen and oxygen atoms in total. The fraction of sp³-hybridized carbons (Fsp3) is 0.462. The van der Waals surface area contributed by atoms with E-state index in [-0.39, 0.29) is 0 Å². The number of aromatic nitrogens is 3. The van der Waals surface area contributed by atoms with Crippen molar-refractivity contribution in [2.75, 3.05) is 7.05 Å². The van der Waals surface area contributed by atoms with Gasteiger partial charge in [-0.05, 0) is 37.9 Å². The van der Waals surface area contributed by atoms with E-state index in [0.29, 0.717) is 28.5 Å². The minimum atomic E-state index is 0.410. The summed E-state index contributed by atoms with van der Waals surface area (Å²) in [6, 6.07) is 3.95. The second kappa shape index (κ2) is 5.27. The van der Waals surface area contributed by atoms with Crippen LogP contribution in [0.5, 0.6) is 0 Å². The highest BCUT2D eigenvalue weighted by Gasteiger charge is 2.31. The minimum absolute atomic E-state index is 0.410. The van der Waals surface area contributed by atoms with Crippen LogP contribution in [0, 0.1) is 5.92 Å². The lowest BCUT2D eigenvalue weighted by Gasteiger charge is -2.11. The highest BCUT2D eigenvalue weighted by atomic mass is 35.5. The Morgan fingerprint density at radius 2 is 2.37 bits per heavy atom. The Kier molecular flexibility index (Phi) is 3.48. The molecule has 0 bridgehead atoms. The fourth-order valence-corrected chi connectivity index (χ4v) is 2.38. The monoisotopic (exact) mass is 278 g/mol. The molecule has 0 spiro atoms. The number of likely N-dealkylation sites (N-methyl/N-ethyl adjacent to an activating group) is 1. The Balaban J connectivity index is 1.77. The molecule has 2 aromatic heterocycles. The number of rotatable bonds is 5. The minimum Gasteiger partial charge on any atom is -0.339 e.